The first-order chi connectivity index (χ1) is 5.72. The third-order valence-electron chi connectivity index (χ3n) is 3.59. The van der Waals surface area contributed by atoms with Crippen molar-refractivity contribution < 1.29 is 5.11 Å². The fourth-order valence-electron chi connectivity index (χ4n) is 2.88. The van der Waals surface area contributed by atoms with Crippen LogP contribution in [0.4, 0.5) is 0 Å². The van der Waals surface area contributed by atoms with Crippen LogP contribution < -0.4 is 0 Å². The van der Waals surface area contributed by atoms with Crippen LogP contribution in [0, 0.1) is 5.92 Å². The van der Waals surface area contributed by atoms with Gasteiger partial charge in [-0.15, -0.1) is 11.6 Å². The quantitative estimate of drug-likeness (QED) is 0.580. The molecule has 2 heteroatoms. The van der Waals surface area contributed by atoms with Gasteiger partial charge in [-0.3, -0.25) is 0 Å². The van der Waals surface area contributed by atoms with Crippen LogP contribution in [0.5, 0.6) is 0 Å². The lowest BCUT2D eigenvalue weighted by molar-refractivity contribution is -0.0724. The highest BCUT2D eigenvalue weighted by molar-refractivity contribution is 6.20. The summed E-state index contributed by atoms with van der Waals surface area (Å²) in [6, 6.07) is 0. The molecule has 0 radical (unpaired) electrons. The number of alkyl halides is 1. The van der Waals surface area contributed by atoms with Crippen LogP contribution in [0.2, 0.25) is 0 Å². The summed E-state index contributed by atoms with van der Waals surface area (Å²) in [5, 5.41) is 10.5. The summed E-state index contributed by atoms with van der Waals surface area (Å²) in [7, 11) is 0. The molecule has 0 saturated heterocycles. The Labute approximate surface area is 79.1 Å². The van der Waals surface area contributed by atoms with E-state index in [4.69, 9.17) is 11.6 Å². The van der Waals surface area contributed by atoms with E-state index in [1.54, 1.807) is 0 Å². The van der Waals surface area contributed by atoms with Crippen molar-refractivity contribution in [2.45, 2.75) is 55.9 Å². The van der Waals surface area contributed by atoms with Crippen LogP contribution >= 0.6 is 11.6 Å². The van der Waals surface area contributed by atoms with Crippen molar-refractivity contribution in [2.75, 3.05) is 0 Å². The number of fused-ring (bicyclic) bond motifs is 1. The Morgan fingerprint density at radius 1 is 1.08 bits per heavy atom. The van der Waals surface area contributed by atoms with Crippen LogP contribution in [0.1, 0.15) is 44.9 Å². The van der Waals surface area contributed by atoms with Gasteiger partial charge < -0.3 is 5.11 Å². The molecule has 0 aromatic rings. The lowest BCUT2D eigenvalue weighted by Crippen LogP contribution is -2.47. The summed E-state index contributed by atoms with van der Waals surface area (Å²) in [5.41, 5.74) is -0.386. The van der Waals surface area contributed by atoms with E-state index in [1.807, 2.05) is 0 Å². The molecule has 1 nitrogen and oxygen atoms in total. The van der Waals surface area contributed by atoms with Gasteiger partial charge in [0.25, 0.3) is 0 Å². The molecule has 2 aliphatic rings. The van der Waals surface area contributed by atoms with Crippen molar-refractivity contribution >= 4 is 11.6 Å². The lowest BCUT2D eigenvalue weighted by Gasteiger charge is -2.45. The Morgan fingerprint density at radius 2 is 1.83 bits per heavy atom. The van der Waals surface area contributed by atoms with Gasteiger partial charge in [-0.2, -0.15) is 0 Å². The van der Waals surface area contributed by atoms with E-state index >= 15 is 0 Å². The first-order valence-electron chi connectivity index (χ1n) is 5.09. The molecule has 2 aliphatic carbocycles. The van der Waals surface area contributed by atoms with E-state index < -0.39 is 0 Å². The topological polar surface area (TPSA) is 20.2 Å². The van der Waals surface area contributed by atoms with Crippen molar-refractivity contribution in [3.05, 3.63) is 0 Å². The zero-order valence-corrected chi connectivity index (χ0v) is 8.19. The predicted molar refractivity (Wildman–Crippen MR) is 50.4 cm³/mol. The summed E-state index contributed by atoms with van der Waals surface area (Å²) < 4.78 is 0. The average Bonchev–Trinajstić information content (AvgIpc) is 2.04. The van der Waals surface area contributed by atoms with Crippen molar-refractivity contribution in [2.24, 2.45) is 5.92 Å². The molecule has 3 atom stereocenters. The molecule has 0 spiro atoms. The van der Waals surface area contributed by atoms with E-state index in [-0.39, 0.29) is 11.0 Å². The monoisotopic (exact) mass is 188 g/mol. The van der Waals surface area contributed by atoms with Crippen molar-refractivity contribution in [3.8, 4) is 0 Å². The molecule has 70 valence electrons. The Hall–Kier alpha value is 0.250. The van der Waals surface area contributed by atoms with Gasteiger partial charge in [-0.25, -0.2) is 0 Å². The second-order valence-corrected chi connectivity index (χ2v) is 4.92. The van der Waals surface area contributed by atoms with E-state index in [1.165, 1.54) is 12.8 Å². The molecule has 2 fully saturated rings. The Bertz CT molecular complexity index is 167. The molecule has 0 heterocycles. The Kier molecular flexibility index (Phi) is 2.35. The van der Waals surface area contributed by atoms with E-state index in [0.717, 1.165) is 32.1 Å². The molecule has 2 saturated carbocycles. The highest BCUT2D eigenvalue weighted by Crippen LogP contribution is 2.45. The Morgan fingerprint density at radius 3 is 2.58 bits per heavy atom. The number of rotatable bonds is 0. The number of hydrogen-bond acceptors (Lipinski definition) is 1. The van der Waals surface area contributed by atoms with Gasteiger partial charge in [-0.1, -0.05) is 12.8 Å². The van der Waals surface area contributed by atoms with Crippen LogP contribution in [0.3, 0.4) is 0 Å². The average molecular weight is 189 g/mol. The molecule has 0 amide bonds. The van der Waals surface area contributed by atoms with Gasteiger partial charge in [0.2, 0.25) is 0 Å². The number of halogens is 1. The second-order valence-electron chi connectivity index (χ2n) is 4.36. The maximum atomic E-state index is 10.3. The zero-order chi connectivity index (χ0) is 8.60. The van der Waals surface area contributed by atoms with Crippen LogP contribution in [-0.4, -0.2) is 16.1 Å². The highest BCUT2D eigenvalue weighted by atomic mass is 35.5. The minimum Gasteiger partial charge on any atom is -0.390 e. The summed E-state index contributed by atoms with van der Waals surface area (Å²) in [6.07, 6.45) is 7.79. The van der Waals surface area contributed by atoms with Gasteiger partial charge in [0.15, 0.2) is 0 Å². The van der Waals surface area contributed by atoms with Gasteiger partial charge in [0.1, 0.15) is 0 Å². The molecule has 0 bridgehead atoms. The minimum absolute atomic E-state index is 0.240. The van der Waals surface area contributed by atoms with E-state index in [2.05, 4.69) is 0 Å². The summed E-state index contributed by atoms with van der Waals surface area (Å²) in [4.78, 5) is 0. The SMILES string of the molecule is O[C@]12CCCC[C@@H]1[C@@H](Cl)CCC2. The maximum Gasteiger partial charge on any atom is 0.0689 e. The van der Waals surface area contributed by atoms with Gasteiger partial charge in [0.05, 0.1) is 5.60 Å². The fraction of sp³-hybridized carbons (Fsp3) is 1.00. The molecule has 1 N–H and O–H groups in total. The normalized spacial score (nSPS) is 48.5. The summed E-state index contributed by atoms with van der Waals surface area (Å²) in [6.45, 7) is 0. The molecule has 0 aromatic heterocycles. The number of aliphatic hydroxyl groups is 1. The largest absolute Gasteiger partial charge is 0.390 e. The smallest absolute Gasteiger partial charge is 0.0689 e. The van der Waals surface area contributed by atoms with Crippen LogP contribution in [0.15, 0.2) is 0 Å². The first kappa shape index (κ1) is 8.83. The zero-order valence-electron chi connectivity index (χ0n) is 7.43. The molecule has 0 unspecified atom stereocenters. The van der Waals surface area contributed by atoms with E-state index in [0.29, 0.717) is 5.92 Å². The van der Waals surface area contributed by atoms with Gasteiger partial charge in [0, 0.05) is 11.3 Å². The van der Waals surface area contributed by atoms with Gasteiger partial charge >= 0.3 is 0 Å². The predicted octanol–water partition coefficient (Wildman–Crippen LogP) is 2.70. The molecule has 12 heavy (non-hydrogen) atoms. The Balaban J connectivity index is 2.12. The molecule has 0 aliphatic heterocycles. The van der Waals surface area contributed by atoms with Crippen molar-refractivity contribution in [3.63, 3.8) is 0 Å². The molecular formula is C10H17ClO. The molecule has 0 aromatic carbocycles. The van der Waals surface area contributed by atoms with Gasteiger partial charge in [-0.05, 0) is 32.1 Å². The second kappa shape index (κ2) is 3.19. The first-order valence-corrected chi connectivity index (χ1v) is 5.52. The minimum atomic E-state index is -0.386. The molecule has 2 rings (SSSR count). The standard InChI is InChI=1S/C10H17ClO/c11-9-5-3-7-10(12)6-2-1-4-8(9)10/h8-9,12H,1-7H2/t8-,9+,10+/m1/s1. The van der Waals surface area contributed by atoms with Crippen molar-refractivity contribution in [1.29, 1.82) is 0 Å². The third kappa shape index (κ3) is 1.38. The molecular weight excluding hydrogens is 172 g/mol. The maximum absolute atomic E-state index is 10.3. The highest BCUT2D eigenvalue weighted by Gasteiger charge is 2.44. The number of hydrogen-bond donors (Lipinski definition) is 1. The van der Waals surface area contributed by atoms with E-state index in [9.17, 15) is 5.11 Å². The summed E-state index contributed by atoms with van der Waals surface area (Å²) in [5.74, 6) is 0.390. The van der Waals surface area contributed by atoms with Crippen LogP contribution in [0.25, 0.3) is 0 Å². The van der Waals surface area contributed by atoms with Crippen molar-refractivity contribution in [1.82, 2.24) is 0 Å². The lowest BCUT2D eigenvalue weighted by atomic mass is 9.67. The van der Waals surface area contributed by atoms with Crippen LogP contribution in [-0.2, 0) is 0 Å². The summed E-state index contributed by atoms with van der Waals surface area (Å²) >= 11 is 6.22. The third-order valence-corrected chi connectivity index (χ3v) is 4.11. The fourth-order valence-corrected chi connectivity index (χ4v) is 3.40.